The molecule has 0 spiro atoms. The third kappa shape index (κ3) is 3.40. The number of halogens is 1. The minimum Gasteiger partial charge on any atom is -0.305 e. The van der Waals surface area contributed by atoms with Gasteiger partial charge in [-0.3, -0.25) is 14.9 Å². The van der Waals surface area contributed by atoms with Gasteiger partial charge in [0.05, 0.1) is 15.5 Å². The Bertz CT molecular complexity index is 477. The minimum absolute atomic E-state index is 0.0528. The van der Waals surface area contributed by atoms with Crippen LogP contribution < -0.4 is 5.32 Å². The Balaban J connectivity index is 2.99. The molecule has 0 saturated heterocycles. The maximum Gasteiger partial charge on any atom is 0.316 e. The molecule has 0 radical (unpaired) electrons. The molecular weight excluding hydrogens is 258 g/mol. The number of carbonyl (C=O) groups excluding carboxylic acids is 1. The molecule has 7 heteroatoms. The second kappa shape index (κ2) is 6.30. The molecule has 0 bridgehead atoms. The molecule has 0 aliphatic carbocycles. The first kappa shape index (κ1) is 14.4. The number of nitrogens with one attached hydrogen (secondary N) is 1. The van der Waals surface area contributed by atoms with Crippen LogP contribution in [0.15, 0.2) is 6.20 Å². The molecule has 0 fully saturated rings. The fourth-order valence-electron chi connectivity index (χ4n) is 1.42. The molecule has 1 aromatic heterocycles. The Morgan fingerprint density at radius 3 is 2.83 bits per heavy atom. The third-order valence-corrected chi connectivity index (χ3v) is 2.82. The number of pyridine rings is 1. The Morgan fingerprint density at radius 2 is 2.28 bits per heavy atom. The fourth-order valence-corrected chi connectivity index (χ4v) is 1.55. The standard InChI is InChI=1S/C11H14ClN3O3/c1-3-4-5-9(16)14-11-10(15(17)18)7(2)8(12)6-13-11/h6H,3-5H2,1-2H3,(H,13,14,16). The zero-order chi connectivity index (χ0) is 13.7. The summed E-state index contributed by atoms with van der Waals surface area (Å²) in [6, 6.07) is 0. The topological polar surface area (TPSA) is 85.1 Å². The Kier molecular flexibility index (Phi) is 5.03. The number of anilines is 1. The van der Waals surface area contributed by atoms with Crippen LogP contribution in [0, 0.1) is 17.0 Å². The summed E-state index contributed by atoms with van der Waals surface area (Å²) in [4.78, 5) is 25.7. The van der Waals surface area contributed by atoms with Crippen LogP contribution in [0.25, 0.3) is 0 Å². The van der Waals surface area contributed by atoms with Gasteiger partial charge in [0.2, 0.25) is 11.7 Å². The molecule has 1 rings (SSSR count). The molecule has 98 valence electrons. The molecule has 0 aliphatic heterocycles. The van der Waals surface area contributed by atoms with Gasteiger partial charge in [0.1, 0.15) is 0 Å². The number of amides is 1. The van der Waals surface area contributed by atoms with Crippen molar-refractivity contribution in [3.8, 4) is 0 Å². The molecular formula is C11H14ClN3O3. The number of rotatable bonds is 5. The SMILES string of the molecule is CCCCC(=O)Nc1ncc(Cl)c(C)c1[N+](=O)[O-]. The monoisotopic (exact) mass is 271 g/mol. The molecule has 0 unspecified atom stereocenters. The van der Waals surface area contributed by atoms with E-state index in [1.54, 1.807) is 0 Å². The van der Waals surface area contributed by atoms with Gasteiger partial charge in [-0.25, -0.2) is 4.98 Å². The lowest BCUT2D eigenvalue weighted by molar-refractivity contribution is -0.384. The molecule has 1 aromatic rings. The zero-order valence-corrected chi connectivity index (χ0v) is 11.0. The van der Waals surface area contributed by atoms with Gasteiger partial charge in [-0.05, 0) is 13.3 Å². The van der Waals surface area contributed by atoms with Crippen LogP contribution in [0.3, 0.4) is 0 Å². The molecule has 1 heterocycles. The molecule has 0 atom stereocenters. The van der Waals surface area contributed by atoms with Crippen LogP contribution in [0.2, 0.25) is 5.02 Å². The number of aromatic nitrogens is 1. The van der Waals surface area contributed by atoms with Crippen molar-refractivity contribution in [1.29, 1.82) is 0 Å². The summed E-state index contributed by atoms with van der Waals surface area (Å²) in [5.41, 5.74) is 0.0369. The van der Waals surface area contributed by atoms with E-state index in [1.165, 1.54) is 13.1 Å². The van der Waals surface area contributed by atoms with Gasteiger partial charge in [0.15, 0.2) is 0 Å². The lowest BCUT2D eigenvalue weighted by atomic mass is 10.2. The molecule has 0 aliphatic rings. The largest absolute Gasteiger partial charge is 0.316 e. The zero-order valence-electron chi connectivity index (χ0n) is 10.2. The predicted octanol–water partition coefficient (Wildman–Crippen LogP) is 3.08. The lowest BCUT2D eigenvalue weighted by Crippen LogP contribution is -2.14. The van der Waals surface area contributed by atoms with Gasteiger partial charge in [0.25, 0.3) is 0 Å². The van der Waals surface area contributed by atoms with E-state index in [9.17, 15) is 14.9 Å². The minimum atomic E-state index is -0.594. The van der Waals surface area contributed by atoms with Crippen molar-refractivity contribution >= 4 is 29.0 Å². The highest BCUT2D eigenvalue weighted by Gasteiger charge is 2.22. The van der Waals surface area contributed by atoms with Gasteiger partial charge in [-0.1, -0.05) is 24.9 Å². The van der Waals surface area contributed by atoms with E-state index in [-0.39, 0.29) is 22.4 Å². The highest BCUT2D eigenvalue weighted by molar-refractivity contribution is 6.31. The van der Waals surface area contributed by atoms with Crippen molar-refractivity contribution in [2.75, 3.05) is 5.32 Å². The number of hydrogen-bond acceptors (Lipinski definition) is 4. The Morgan fingerprint density at radius 1 is 1.61 bits per heavy atom. The summed E-state index contributed by atoms with van der Waals surface area (Å²) in [5, 5.41) is 13.6. The average Bonchev–Trinajstić information content (AvgIpc) is 2.31. The molecule has 1 N–H and O–H groups in total. The molecule has 6 nitrogen and oxygen atoms in total. The van der Waals surface area contributed by atoms with E-state index in [2.05, 4.69) is 10.3 Å². The average molecular weight is 272 g/mol. The van der Waals surface area contributed by atoms with E-state index in [0.29, 0.717) is 12.0 Å². The highest BCUT2D eigenvalue weighted by Crippen LogP contribution is 2.30. The van der Waals surface area contributed by atoms with Crippen molar-refractivity contribution in [3.05, 3.63) is 26.9 Å². The molecule has 18 heavy (non-hydrogen) atoms. The lowest BCUT2D eigenvalue weighted by Gasteiger charge is -2.07. The summed E-state index contributed by atoms with van der Waals surface area (Å²) in [7, 11) is 0. The number of carbonyl (C=O) groups is 1. The second-order valence-corrected chi connectivity index (χ2v) is 4.24. The Labute approximate surface area is 110 Å². The fraction of sp³-hybridized carbons (Fsp3) is 0.455. The number of nitrogens with zero attached hydrogens (tertiary/aromatic N) is 2. The van der Waals surface area contributed by atoms with Crippen molar-refractivity contribution in [3.63, 3.8) is 0 Å². The second-order valence-electron chi connectivity index (χ2n) is 3.84. The Hall–Kier alpha value is -1.69. The summed E-state index contributed by atoms with van der Waals surface area (Å²) in [6.45, 7) is 3.48. The first-order valence-electron chi connectivity index (χ1n) is 5.56. The van der Waals surface area contributed by atoms with Gasteiger partial charge in [-0.2, -0.15) is 0 Å². The maximum absolute atomic E-state index is 11.5. The van der Waals surface area contributed by atoms with E-state index < -0.39 is 4.92 Å². The quantitative estimate of drug-likeness (QED) is 0.659. The summed E-state index contributed by atoms with van der Waals surface area (Å²) < 4.78 is 0. The number of hydrogen-bond donors (Lipinski definition) is 1. The van der Waals surface area contributed by atoms with Gasteiger partial charge >= 0.3 is 5.69 Å². The van der Waals surface area contributed by atoms with Crippen LogP contribution in [-0.2, 0) is 4.79 Å². The van der Waals surface area contributed by atoms with Crippen molar-refractivity contribution in [2.45, 2.75) is 33.1 Å². The van der Waals surface area contributed by atoms with Crippen LogP contribution in [0.1, 0.15) is 31.7 Å². The van der Waals surface area contributed by atoms with Crippen LogP contribution in [0.4, 0.5) is 11.5 Å². The van der Waals surface area contributed by atoms with Gasteiger partial charge in [-0.15, -0.1) is 0 Å². The summed E-state index contributed by atoms with van der Waals surface area (Å²) >= 11 is 5.77. The molecule has 0 saturated carbocycles. The molecule has 0 aromatic carbocycles. The van der Waals surface area contributed by atoms with Crippen LogP contribution in [0.5, 0.6) is 0 Å². The summed E-state index contributed by atoms with van der Waals surface area (Å²) in [6.07, 6.45) is 3.21. The number of unbranched alkanes of at least 4 members (excludes halogenated alkanes) is 1. The summed E-state index contributed by atoms with van der Waals surface area (Å²) in [5.74, 6) is -0.336. The predicted molar refractivity (Wildman–Crippen MR) is 68.8 cm³/mol. The van der Waals surface area contributed by atoms with Crippen LogP contribution >= 0.6 is 11.6 Å². The molecule has 1 amide bonds. The van der Waals surface area contributed by atoms with E-state index in [4.69, 9.17) is 11.6 Å². The van der Waals surface area contributed by atoms with Gasteiger partial charge in [0, 0.05) is 12.6 Å². The van der Waals surface area contributed by atoms with E-state index >= 15 is 0 Å². The van der Waals surface area contributed by atoms with Crippen molar-refractivity contribution in [1.82, 2.24) is 4.98 Å². The first-order chi connectivity index (χ1) is 8.47. The van der Waals surface area contributed by atoms with E-state index in [1.807, 2.05) is 6.92 Å². The van der Waals surface area contributed by atoms with Crippen molar-refractivity contribution in [2.24, 2.45) is 0 Å². The van der Waals surface area contributed by atoms with E-state index in [0.717, 1.165) is 12.8 Å². The smallest absolute Gasteiger partial charge is 0.305 e. The number of nitro groups is 1. The van der Waals surface area contributed by atoms with Crippen LogP contribution in [-0.4, -0.2) is 15.8 Å². The highest BCUT2D eigenvalue weighted by atomic mass is 35.5. The first-order valence-corrected chi connectivity index (χ1v) is 5.94. The van der Waals surface area contributed by atoms with Gasteiger partial charge < -0.3 is 5.32 Å². The maximum atomic E-state index is 11.5. The normalized spacial score (nSPS) is 10.2. The van der Waals surface area contributed by atoms with Crippen molar-refractivity contribution < 1.29 is 9.72 Å². The third-order valence-electron chi connectivity index (χ3n) is 2.44.